The van der Waals surface area contributed by atoms with Crippen LogP contribution in [0.2, 0.25) is 0 Å². The van der Waals surface area contributed by atoms with E-state index in [1.54, 1.807) is 7.05 Å². The molecule has 1 aromatic carbocycles. The maximum absolute atomic E-state index is 13.1. The number of halogens is 2. The molecule has 0 radical (unpaired) electrons. The van der Waals surface area contributed by atoms with Gasteiger partial charge in [0.15, 0.2) is 0 Å². The van der Waals surface area contributed by atoms with Crippen molar-refractivity contribution < 1.29 is 13.6 Å². The van der Waals surface area contributed by atoms with E-state index in [-0.39, 0.29) is 22.5 Å². The number of amides is 1. The lowest BCUT2D eigenvalue weighted by Crippen LogP contribution is -2.16. The number of alkyl halides is 2. The van der Waals surface area contributed by atoms with Crippen LogP contribution in [0.25, 0.3) is 0 Å². The molecule has 0 fully saturated rings. The molecular formula is C20H26F2N2O. The number of aromatic nitrogens is 1. The number of nitrogens with one attached hydrogen (secondary N) is 1. The second kappa shape index (κ2) is 7.38. The summed E-state index contributed by atoms with van der Waals surface area (Å²) in [6.07, 6.45) is 0.983. The largest absolute Gasteiger partial charge is 0.356 e. The Morgan fingerprint density at radius 1 is 1.16 bits per heavy atom. The normalized spacial score (nSPS) is 13.1. The van der Waals surface area contributed by atoms with Crippen LogP contribution in [0, 0.1) is 5.41 Å². The number of rotatable bonds is 5. The molecule has 3 nitrogen and oxygen atoms in total. The Hall–Kier alpha value is -2.17. The Morgan fingerprint density at radius 3 is 2.40 bits per heavy atom. The average molecular weight is 348 g/mol. The average Bonchev–Trinajstić information content (AvgIpc) is 2.88. The number of nitrogens with zero attached hydrogens (tertiary/aromatic N) is 1. The summed E-state index contributed by atoms with van der Waals surface area (Å²) in [4.78, 5) is 12.6. The van der Waals surface area contributed by atoms with Crippen molar-refractivity contribution in [2.45, 2.75) is 46.5 Å². The standard InChI is InChI=1S/C20H26F2N2O/c1-13(10-20(2,3)4)14-8-6-7-9-17(14)23-19(25)16-12-24(5)11-15(16)18(21)22/h6-9,11-13,18H,10H2,1-5H3,(H,23,25). The molecule has 2 rings (SSSR count). The highest BCUT2D eigenvalue weighted by Crippen LogP contribution is 2.34. The van der Waals surface area contributed by atoms with E-state index in [1.807, 2.05) is 24.3 Å². The van der Waals surface area contributed by atoms with E-state index in [0.717, 1.165) is 12.0 Å². The van der Waals surface area contributed by atoms with Gasteiger partial charge in [-0.25, -0.2) is 8.78 Å². The van der Waals surface area contributed by atoms with Gasteiger partial charge in [-0.3, -0.25) is 4.79 Å². The van der Waals surface area contributed by atoms with Gasteiger partial charge in [-0.05, 0) is 29.4 Å². The Labute approximate surface area is 148 Å². The Balaban J connectivity index is 2.28. The number of benzene rings is 1. The molecule has 1 N–H and O–H groups in total. The van der Waals surface area contributed by atoms with Gasteiger partial charge in [-0.1, -0.05) is 45.9 Å². The summed E-state index contributed by atoms with van der Waals surface area (Å²) < 4.78 is 27.8. The number of aryl methyl sites for hydroxylation is 1. The zero-order chi connectivity index (χ0) is 18.8. The molecule has 0 spiro atoms. The monoisotopic (exact) mass is 348 g/mol. The van der Waals surface area contributed by atoms with E-state index in [1.165, 1.54) is 17.0 Å². The van der Waals surface area contributed by atoms with Crippen molar-refractivity contribution in [3.8, 4) is 0 Å². The molecule has 1 heterocycles. The van der Waals surface area contributed by atoms with Crippen LogP contribution in [0.3, 0.4) is 0 Å². The van der Waals surface area contributed by atoms with Gasteiger partial charge >= 0.3 is 0 Å². The maximum Gasteiger partial charge on any atom is 0.266 e. The number of anilines is 1. The third-order valence-electron chi connectivity index (χ3n) is 4.12. The van der Waals surface area contributed by atoms with Gasteiger partial charge in [0.25, 0.3) is 12.3 Å². The summed E-state index contributed by atoms with van der Waals surface area (Å²) >= 11 is 0. The minimum absolute atomic E-state index is 0.00998. The number of carbonyl (C=O) groups excluding carboxylic acids is 1. The van der Waals surface area contributed by atoms with E-state index in [0.29, 0.717) is 5.69 Å². The second-order valence-corrected chi connectivity index (χ2v) is 7.80. The molecular weight excluding hydrogens is 322 g/mol. The third kappa shape index (κ3) is 4.91. The summed E-state index contributed by atoms with van der Waals surface area (Å²) in [5.74, 6) is -0.270. The summed E-state index contributed by atoms with van der Waals surface area (Å²) in [7, 11) is 1.63. The maximum atomic E-state index is 13.1. The summed E-state index contributed by atoms with van der Waals surface area (Å²) in [5, 5.41) is 2.82. The molecule has 1 unspecified atom stereocenters. The zero-order valence-corrected chi connectivity index (χ0v) is 15.4. The van der Waals surface area contributed by atoms with Crippen molar-refractivity contribution in [1.82, 2.24) is 4.57 Å². The molecule has 0 aliphatic heterocycles. The summed E-state index contributed by atoms with van der Waals surface area (Å²) in [6, 6.07) is 7.56. The predicted molar refractivity (Wildman–Crippen MR) is 97.3 cm³/mol. The fourth-order valence-electron chi connectivity index (χ4n) is 3.23. The highest BCUT2D eigenvalue weighted by atomic mass is 19.3. The Morgan fingerprint density at radius 2 is 1.80 bits per heavy atom. The molecule has 0 aliphatic rings. The molecule has 136 valence electrons. The van der Waals surface area contributed by atoms with Crippen molar-refractivity contribution in [1.29, 1.82) is 0 Å². The van der Waals surface area contributed by atoms with Crippen LogP contribution in [-0.4, -0.2) is 10.5 Å². The molecule has 0 saturated heterocycles. The van der Waals surface area contributed by atoms with Crippen LogP contribution in [0.5, 0.6) is 0 Å². The van der Waals surface area contributed by atoms with E-state index in [2.05, 4.69) is 33.0 Å². The summed E-state index contributed by atoms with van der Waals surface area (Å²) in [6.45, 7) is 8.63. The number of carbonyl (C=O) groups is 1. The van der Waals surface area contributed by atoms with Crippen molar-refractivity contribution in [2.75, 3.05) is 5.32 Å². The molecule has 0 aliphatic carbocycles. The molecule has 1 atom stereocenters. The number of hydrogen-bond donors (Lipinski definition) is 1. The van der Waals surface area contributed by atoms with Crippen LogP contribution in [0.1, 0.15) is 67.9 Å². The third-order valence-corrected chi connectivity index (χ3v) is 4.12. The quantitative estimate of drug-likeness (QED) is 0.733. The van der Waals surface area contributed by atoms with E-state index < -0.39 is 12.3 Å². The molecule has 2 aromatic rings. The first-order valence-electron chi connectivity index (χ1n) is 8.43. The van der Waals surface area contributed by atoms with Crippen molar-refractivity contribution in [3.63, 3.8) is 0 Å². The first kappa shape index (κ1) is 19.2. The lowest BCUT2D eigenvalue weighted by atomic mass is 9.82. The Bertz CT molecular complexity index is 744. The smallest absolute Gasteiger partial charge is 0.266 e. The van der Waals surface area contributed by atoms with Crippen LogP contribution >= 0.6 is 0 Å². The molecule has 5 heteroatoms. The van der Waals surface area contributed by atoms with Crippen LogP contribution in [0.15, 0.2) is 36.7 Å². The number of para-hydroxylation sites is 1. The van der Waals surface area contributed by atoms with E-state index in [9.17, 15) is 13.6 Å². The fraction of sp³-hybridized carbons (Fsp3) is 0.450. The highest BCUT2D eigenvalue weighted by molar-refractivity contribution is 6.05. The second-order valence-electron chi connectivity index (χ2n) is 7.80. The molecule has 1 aromatic heterocycles. The van der Waals surface area contributed by atoms with E-state index in [4.69, 9.17) is 0 Å². The van der Waals surface area contributed by atoms with E-state index >= 15 is 0 Å². The topological polar surface area (TPSA) is 34.0 Å². The van der Waals surface area contributed by atoms with Crippen LogP contribution < -0.4 is 5.32 Å². The minimum atomic E-state index is -2.68. The highest BCUT2D eigenvalue weighted by Gasteiger charge is 2.23. The molecule has 0 saturated carbocycles. The van der Waals surface area contributed by atoms with Gasteiger partial charge in [0, 0.05) is 30.7 Å². The van der Waals surface area contributed by atoms with Crippen LogP contribution in [0.4, 0.5) is 14.5 Å². The summed E-state index contributed by atoms with van der Waals surface area (Å²) in [5.41, 5.74) is 1.60. The lowest BCUT2D eigenvalue weighted by Gasteiger charge is -2.25. The van der Waals surface area contributed by atoms with Gasteiger partial charge in [0.2, 0.25) is 0 Å². The minimum Gasteiger partial charge on any atom is -0.356 e. The first-order chi connectivity index (χ1) is 11.6. The fourth-order valence-corrected chi connectivity index (χ4v) is 3.23. The van der Waals surface area contributed by atoms with Gasteiger partial charge in [-0.15, -0.1) is 0 Å². The van der Waals surface area contributed by atoms with Crippen molar-refractivity contribution >= 4 is 11.6 Å². The van der Waals surface area contributed by atoms with Gasteiger partial charge < -0.3 is 9.88 Å². The first-order valence-corrected chi connectivity index (χ1v) is 8.43. The van der Waals surface area contributed by atoms with Gasteiger partial charge in [-0.2, -0.15) is 0 Å². The zero-order valence-electron chi connectivity index (χ0n) is 15.4. The molecule has 25 heavy (non-hydrogen) atoms. The van der Waals surface area contributed by atoms with Gasteiger partial charge in [0.1, 0.15) is 0 Å². The SMILES string of the molecule is CC(CC(C)(C)C)c1ccccc1NC(=O)c1cn(C)cc1C(F)F. The van der Waals surface area contributed by atoms with Crippen molar-refractivity contribution in [3.05, 3.63) is 53.3 Å². The van der Waals surface area contributed by atoms with Crippen molar-refractivity contribution in [2.24, 2.45) is 12.5 Å². The van der Waals surface area contributed by atoms with Gasteiger partial charge in [0.05, 0.1) is 5.56 Å². The number of hydrogen-bond acceptors (Lipinski definition) is 1. The molecule has 0 bridgehead atoms. The van der Waals surface area contributed by atoms with Crippen LogP contribution in [-0.2, 0) is 7.05 Å². The lowest BCUT2D eigenvalue weighted by molar-refractivity contribution is 0.101. The Kier molecular flexibility index (Phi) is 5.65. The predicted octanol–water partition coefficient (Wildman–Crippen LogP) is 5.75. The molecule has 1 amide bonds.